The predicted molar refractivity (Wildman–Crippen MR) is 63.2 cm³/mol. The van der Waals surface area contributed by atoms with Crippen molar-refractivity contribution < 1.29 is 4.79 Å². The van der Waals surface area contributed by atoms with Gasteiger partial charge in [0.25, 0.3) is 5.91 Å². The molecule has 4 heteroatoms. The minimum absolute atomic E-state index is 0.00458. The second-order valence-electron chi connectivity index (χ2n) is 3.95. The van der Waals surface area contributed by atoms with Gasteiger partial charge in [0.1, 0.15) is 0 Å². The molecule has 0 radical (unpaired) electrons. The first-order valence-electron chi connectivity index (χ1n) is 5.56. The number of likely N-dealkylation sites (N-methyl/N-ethyl adjacent to an activating group) is 1. The summed E-state index contributed by atoms with van der Waals surface area (Å²) in [5, 5.41) is 9.13. The van der Waals surface area contributed by atoms with Crippen molar-refractivity contribution in [2.45, 2.75) is 13.1 Å². The van der Waals surface area contributed by atoms with Gasteiger partial charge in [0, 0.05) is 31.7 Å². The molecule has 1 heterocycles. The van der Waals surface area contributed by atoms with Crippen LogP contribution in [0.25, 0.3) is 0 Å². The first-order chi connectivity index (χ1) is 7.81. The SMILES string of the molecule is CNCCNC(=O)c1ccc2c(c1)CNC2. The maximum Gasteiger partial charge on any atom is 0.251 e. The lowest BCUT2D eigenvalue weighted by Crippen LogP contribution is -2.30. The van der Waals surface area contributed by atoms with E-state index in [1.807, 2.05) is 25.2 Å². The number of hydrogen-bond donors (Lipinski definition) is 3. The van der Waals surface area contributed by atoms with Crippen LogP contribution in [0.4, 0.5) is 0 Å². The molecular weight excluding hydrogens is 202 g/mol. The van der Waals surface area contributed by atoms with Gasteiger partial charge in [0.2, 0.25) is 0 Å². The number of hydrogen-bond acceptors (Lipinski definition) is 3. The number of carbonyl (C=O) groups is 1. The molecule has 4 nitrogen and oxygen atoms in total. The molecular formula is C12H17N3O. The molecule has 0 aliphatic carbocycles. The maximum absolute atomic E-state index is 11.8. The lowest BCUT2D eigenvalue weighted by molar-refractivity contribution is 0.0954. The molecule has 0 bridgehead atoms. The Bertz CT molecular complexity index is 390. The number of benzene rings is 1. The van der Waals surface area contributed by atoms with Crippen LogP contribution in [0.3, 0.4) is 0 Å². The van der Waals surface area contributed by atoms with Crippen LogP contribution in [0.2, 0.25) is 0 Å². The molecule has 86 valence electrons. The van der Waals surface area contributed by atoms with Gasteiger partial charge in [0.15, 0.2) is 0 Å². The van der Waals surface area contributed by atoms with E-state index in [9.17, 15) is 4.79 Å². The Kier molecular flexibility index (Phi) is 3.54. The monoisotopic (exact) mass is 219 g/mol. The van der Waals surface area contributed by atoms with Gasteiger partial charge < -0.3 is 16.0 Å². The zero-order valence-electron chi connectivity index (χ0n) is 9.47. The number of amides is 1. The van der Waals surface area contributed by atoms with Crippen molar-refractivity contribution in [3.63, 3.8) is 0 Å². The Hall–Kier alpha value is -1.39. The average Bonchev–Trinajstić information content (AvgIpc) is 2.76. The molecule has 1 aromatic rings. The first kappa shape index (κ1) is 11.1. The van der Waals surface area contributed by atoms with Gasteiger partial charge >= 0.3 is 0 Å². The lowest BCUT2D eigenvalue weighted by Gasteiger charge is -2.06. The van der Waals surface area contributed by atoms with Crippen LogP contribution >= 0.6 is 0 Å². The molecule has 1 aliphatic rings. The van der Waals surface area contributed by atoms with E-state index < -0.39 is 0 Å². The van der Waals surface area contributed by atoms with E-state index in [0.717, 1.165) is 25.2 Å². The zero-order valence-corrected chi connectivity index (χ0v) is 9.47. The highest BCUT2D eigenvalue weighted by atomic mass is 16.1. The summed E-state index contributed by atoms with van der Waals surface area (Å²) >= 11 is 0. The molecule has 0 saturated carbocycles. The Labute approximate surface area is 95.4 Å². The second kappa shape index (κ2) is 5.09. The van der Waals surface area contributed by atoms with E-state index in [0.29, 0.717) is 6.54 Å². The van der Waals surface area contributed by atoms with Gasteiger partial charge in [-0.1, -0.05) is 6.07 Å². The van der Waals surface area contributed by atoms with Crippen molar-refractivity contribution >= 4 is 5.91 Å². The van der Waals surface area contributed by atoms with E-state index >= 15 is 0 Å². The molecule has 2 rings (SSSR count). The zero-order chi connectivity index (χ0) is 11.4. The Morgan fingerprint density at radius 3 is 2.94 bits per heavy atom. The summed E-state index contributed by atoms with van der Waals surface area (Å²) in [5.41, 5.74) is 3.28. The summed E-state index contributed by atoms with van der Waals surface area (Å²) in [5.74, 6) is 0.00458. The fraction of sp³-hybridized carbons (Fsp3) is 0.417. The molecule has 0 spiro atoms. The first-order valence-corrected chi connectivity index (χ1v) is 5.56. The Morgan fingerprint density at radius 1 is 1.31 bits per heavy atom. The normalized spacial score (nSPS) is 13.6. The van der Waals surface area contributed by atoms with E-state index in [1.54, 1.807) is 0 Å². The number of nitrogens with one attached hydrogen (secondary N) is 3. The predicted octanol–water partition coefficient (Wildman–Crippen LogP) is 0.239. The van der Waals surface area contributed by atoms with Crippen LogP contribution in [0.1, 0.15) is 21.5 Å². The molecule has 0 saturated heterocycles. The average molecular weight is 219 g/mol. The fourth-order valence-corrected chi connectivity index (χ4v) is 1.84. The highest BCUT2D eigenvalue weighted by Gasteiger charge is 2.12. The molecule has 0 aromatic heterocycles. The molecule has 3 N–H and O–H groups in total. The van der Waals surface area contributed by atoms with E-state index in [2.05, 4.69) is 16.0 Å². The third-order valence-electron chi connectivity index (χ3n) is 2.76. The molecule has 1 aromatic carbocycles. The summed E-state index contributed by atoms with van der Waals surface area (Å²) < 4.78 is 0. The van der Waals surface area contributed by atoms with Crippen LogP contribution in [0.5, 0.6) is 0 Å². The molecule has 0 fully saturated rings. The van der Waals surface area contributed by atoms with Gasteiger partial charge in [-0.2, -0.15) is 0 Å². The summed E-state index contributed by atoms with van der Waals surface area (Å²) in [7, 11) is 1.87. The smallest absolute Gasteiger partial charge is 0.251 e. The van der Waals surface area contributed by atoms with Crippen LogP contribution in [0.15, 0.2) is 18.2 Å². The summed E-state index contributed by atoms with van der Waals surface area (Å²) in [6.45, 7) is 3.23. The second-order valence-corrected chi connectivity index (χ2v) is 3.95. The van der Waals surface area contributed by atoms with Crippen LogP contribution in [-0.4, -0.2) is 26.0 Å². The molecule has 0 atom stereocenters. The van der Waals surface area contributed by atoms with Gasteiger partial charge in [-0.25, -0.2) is 0 Å². The number of fused-ring (bicyclic) bond motifs is 1. The van der Waals surface area contributed by atoms with Gasteiger partial charge in [-0.05, 0) is 30.3 Å². The fourth-order valence-electron chi connectivity index (χ4n) is 1.84. The topological polar surface area (TPSA) is 53.2 Å². The quantitative estimate of drug-likeness (QED) is 0.636. The van der Waals surface area contributed by atoms with Crippen molar-refractivity contribution in [3.05, 3.63) is 34.9 Å². The van der Waals surface area contributed by atoms with Crippen LogP contribution < -0.4 is 16.0 Å². The van der Waals surface area contributed by atoms with E-state index in [-0.39, 0.29) is 5.91 Å². The van der Waals surface area contributed by atoms with Gasteiger partial charge in [-0.3, -0.25) is 4.79 Å². The van der Waals surface area contributed by atoms with Crippen molar-refractivity contribution in [1.29, 1.82) is 0 Å². The third kappa shape index (κ3) is 2.40. The van der Waals surface area contributed by atoms with Gasteiger partial charge in [-0.15, -0.1) is 0 Å². The molecule has 1 aliphatic heterocycles. The van der Waals surface area contributed by atoms with Gasteiger partial charge in [0.05, 0.1) is 0 Å². The standard InChI is InChI=1S/C12H17N3O/c1-13-4-5-15-12(16)9-2-3-10-7-14-8-11(10)6-9/h2-3,6,13-14H,4-5,7-8H2,1H3,(H,15,16). The van der Waals surface area contributed by atoms with Crippen LogP contribution in [0, 0.1) is 0 Å². The van der Waals surface area contributed by atoms with Crippen molar-refractivity contribution in [2.24, 2.45) is 0 Å². The summed E-state index contributed by atoms with van der Waals surface area (Å²) in [6.07, 6.45) is 0. The Morgan fingerprint density at radius 2 is 2.12 bits per heavy atom. The highest BCUT2D eigenvalue weighted by Crippen LogP contribution is 2.16. The highest BCUT2D eigenvalue weighted by molar-refractivity contribution is 5.94. The molecule has 1 amide bonds. The largest absolute Gasteiger partial charge is 0.351 e. The van der Waals surface area contributed by atoms with Crippen LogP contribution in [-0.2, 0) is 13.1 Å². The molecule has 0 unspecified atom stereocenters. The van der Waals surface area contributed by atoms with E-state index in [4.69, 9.17) is 0 Å². The number of carbonyl (C=O) groups excluding carboxylic acids is 1. The molecule has 16 heavy (non-hydrogen) atoms. The minimum atomic E-state index is 0.00458. The third-order valence-corrected chi connectivity index (χ3v) is 2.76. The Balaban J connectivity index is 2.01. The summed E-state index contributed by atoms with van der Waals surface area (Å²) in [6, 6.07) is 5.90. The summed E-state index contributed by atoms with van der Waals surface area (Å²) in [4.78, 5) is 11.8. The van der Waals surface area contributed by atoms with Crippen molar-refractivity contribution in [1.82, 2.24) is 16.0 Å². The van der Waals surface area contributed by atoms with Crippen molar-refractivity contribution in [3.8, 4) is 0 Å². The minimum Gasteiger partial charge on any atom is -0.351 e. The maximum atomic E-state index is 11.8. The van der Waals surface area contributed by atoms with Crippen molar-refractivity contribution in [2.75, 3.05) is 20.1 Å². The lowest BCUT2D eigenvalue weighted by atomic mass is 10.1. The number of rotatable bonds is 4. The van der Waals surface area contributed by atoms with E-state index in [1.165, 1.54) is 11.1 Å².